The molecule has 0 amide bonds. The molecule has 0 bridgehead atoms. The van der Waals surface area contributed by atoms with Crippen molar-refractivity contribution in [3.63, 3.8) is 0 Å². The predicted octanol–water partition coefficient (Wildman–Crippen LogP) is 12.6. The minimum atomic E-state index is -0.105. The third kappa shape index (κ3) is 4.51. The molecule has 250 valence electrons. The molecule has 0 atom stereocenters. The molecule has 11 rings (SSSR count). The van der Waals surface area contributed by atoms with E-state index in [9.17, 15) is 0 Å². The first kappa shape index (κ1) is 30.2. The van der Waals surface area contributed by atoms with Crippen molar-refractivity contribution in [1.29, 1.82) is 0 Å². The van der Waals surface area contributed by atoms with Gasteiger partial charge in [0.1, 0.15) is 0 Å². The van der Waals surface area contributed by atoms with Crippen molar-refractivity contribution in [2.45, 2.75) is 19.3 Å². The van der Waals surface area contributed by atoms with Crippen molar-refractivity contribution < 1.29 is 0 Å². The minimum Gasteiger partial charge on any atom is -0.277 e. The van der Waals surface area contributed by atoms with Gasteiger partial charge in [-0.05, 0) is 52.1 Å². The third-order valence-electron chi connectivity index (χ3n) is 11.1. The highest BCUT2D eigenvalue weighted by Crippen LogP contribution is 2.50. The lowest BCUT2D eigenvalue weighted by Gasteiger charge is -2.22. The molecule has 0 radical (unpaired) electrons. The average molecular weight is 697 g/mol. The fraction of sp³-hybridized carbons (Fsp3) is 0.0625. The fourth-order valence-corrected chi connectivity index (χ4v) is 9.65. The Morgan fingerprint density at radius 2 is 1.11 bits per heavy atom. The van der Waals surface area contributed by atoms with Crippen LogP contribution in [0.3, 0.4) is 0 Å². The molecule has 0 aliphatic heterocycles. The summed E-state index contributed by atoms with van der Waals surface area (Å²) >= 11 is 1.80. The van der Waals surface area contributed by atoms with Gasteiger partial charge < -0.3 is 0 Å². The average Bonchev–Trinajstić information content (AvgIpc) is 3.83. The predicted molar refractivity (Wildman–Crippen MR) is 221 cm³/mol. The number of hydrogen-bond acceptors (Lipinski definition) is 4. The van der Waals surface area contributed by atoms with Crippen LogP contribution in [-0.2, 0) is 5.41 Å². The smallest absolute Gasteiger partial charge is 0.238 e. The number of rotatable bonds is 4. The van der Waals surface area contributed by atoms with E-state index in [2.05, 4.69) is 158 Å². The molecular weight excluding hydrogens is 665 g/mol. The summed E-state index contributed by atoms with van der Waals surface area (Å²) < 4.78 is 4.74. The van der Waals surface area contributed by atoms with Crippen LogP contribution in [0.15, 0.2) is 158 Å². The van der Waals surface area contributed by atoms with Gasteiger partial charge in [0.15, 0.2) is 11.6 Å². The Balaban J connectivity index is 1.17. The molecule has 10 aromatic rings. The van der Waals surface area contributed by atoms with Gasteiger partial charge in [-0.2, -0.15) is 9.97 Å². The summed E-state index contributed by atoms with van der Waals surface area (Å²) in [7, 11) is 0. The van der Waals surface area contributed by atoms with Crippen molar-refractivity contribution in [2.24, 2.45) is 0 Å². The Kier molecular flexibility index (Phi) is 6.43. The van der Waals surface area contributed by atoms with Crippen LogP contribution in [0.5, 0.6) is 0 Å². The van der Waals surface area contributed by atoms with Gasteiger partial charge in [0.05, 0.1) is 11.0 Å². The molecule has 0 saturated heterocycles. The summed E-state index contributed by atoms with van der Waals surface area (Å²) in [6, 6.07) is 56.5. The summed E-state index contributed by atoms with van der Waals surface area (Å²) in [5.74, 6) is 1.88. The number of benzene rings is 7. The fourth-order valence-electron chi connectivity index (χ4n) is 8.51. The van der Waals surface area contributed by atoms with Crippen LogP contribution in [0, 0.1) is 0 Å². The zero-order valence-electron chi connectivity index (χ0n) is 29.2. The Bertz CT molecular complexity index is 3100. The second-order valence-electron chi connectivity index (χ2n) is 14.4. The molecule has 4 nitrogen and oxygen atoms in total. The van der Waals surface area contributed by atoms with Crippen molar-refractivity contribution in [2.75, 3.05) is 0 Å². The Hall–Kier alpha value is -6.43. The van der Waals surface area contributed by atoms with E-state index in [-0.39, 0.29) is 5.41 Å². The van der Waals surface area contributed by atoms with Crippen LogP contribution in [0.2, 0.25) is 0 Å². The summed E-state index contributed by atoms with van der Waals surface area (Å²) in [6.45, 7) is 4.68. The molecule has 0 fully saturated rings. The lowest BCUT2D eigenvalue weighted by atomic mass is 9.81. The SMILES string of the molecule is CC1(C)c2ccccc2-c2ccc(-c3cccc4c5ccccc5n(-c5nc(-c6ccccc6)nc(-c6ccc7c(c6)sc6ccccc67)n5)c34)cc21. The summed E-state index contributed by atoms with van der Waals surface area (Å²) in [5, 5.41) is 4.85. The molecule has 0 unspecified atom stereocenters. The van der Waals surface area contributed by atoms with Crippen LogP contribution in [0.4, 0.5) is 0 Å². The second kappa shape index (κ2) is 11.3. The van der Waals surface area contributed by atoms with Gasteiger partial charge in [0.25, 0.3) is 0 Å². The maximum Gasteiger partial charge on any atom is 0.238 e. The highest BCUT2D eigenvalue weighted by molar-refractivity contribution is 7.25. The van der Waals surface area contributed by atoms with Crippen molar-refractivity contribution in [3.8, 4) is 51.0 Å². The van der Waals surface area contributed by atoms with Gasteiger partial charge in [-0.3, -0.25) is 4.57 Å². The lowest BCUT2D eigenvalue weighted by Crippen LogP contribution is -2.14. The number of fused-ring (bicyclic) bond motifs is 9. The molecule has 1 aliphatic rings. The van der Waals surface area contributed by atoms with Gasteiger partial charge >= 0.3 is 0 Å². The maximum atomic E-state index is 5.32. The molecule has 5 heteroatoms. The lowest BCUT2D eigenvalue weighted by molar-refractivity contribution is 0.660. The Morgan fingerprint density at radius 3 is 2.00 bits per heavy atom. The topological polar surface area (TPSA) is 43.6 Å². The van der Waals surface area contributed by atoms with Gasteiger partial charge in [-0.15, -0.1) is 11.3 Å². The van der Waals surface area contributed by atoms with E-state index in [4.69, 9.17) is 15.0 Å². The normalized spacial score (nSPS) is 13.2. The molecular formula is C48H32N4S. The van der Waals surface area contributed by atoms with Crippen molar-refractivity contribution >= 4 is 53.3 Å². The van der Waals surface area contributed by atoms with Crippen LogP contribution >= 0.6 is 11.3 Å². The van der Waals surface area contributed by atoms with E-state index in [1.807, 2.05) is 18.2 Å². The molecule has 3 aromatic heterocycles. The largest absolute Gasteiger partial charge is 0.277 e. The number of nitrogens with zero attached hydrogens (tertiary/aromatic N) is 4. The molecule has 0 saturated carbocycles. The quantitative estimate of drug-likeness (QED) is 0.184. The standard InChI is InChI=1S/C48H32N4S/c1-48(2)39-20-9-6-15-33(39)34-25-23-30(27-40(34)48)32-18-12-19-38-35-16-7-10-21-41(35)52(44(32)38)47-50-45(29-13-4-3-5-14-29)49-46(51-47)31-24-26-37-36-17-8-11-22-42(36)53-43(37)28-31/h3-28H,1-2H3. The van der Waals surface area contributed by atoms with Gasteiger partial charge in [0.2, 0.25) is 5.95 Å². The van der Waals surface area contributed by atoms with Crippen LogP contribution < -0.4 is 0 Å². The third-order valence-corrected chi connectivity index (χ3v) is 12.2. The number of aromatic nitrogens is 4. The van der Waals surface area contributed by atoms with E-state index < -0.39 is 0 Å². The first-order valence-corrected chi connectivity index (χ1v) is 18.9. The first-order valence-electron chi connectivity index (χ1n) is 18.0. The van der Waals surface area contributed by atoms with Crippen LogP contribution in [0.25, 0.3) is 93.0 Å². The first-order chi connectivity index (χ1) is 26.0. The summed E-state index contributed by atoms with van der Waals surface area (Å²) in [6.07, 6.45) is 0. The van der Waals surface area contributed by atoms with Crippen molar-refractivity contribution in [1.82, 2.24) is 19.5 Å². The maximum absolute atomic E-state index is 5.32. The highest BCUT2D eigenvalue weighted by Gasteiger charge is 2.35. The molecule has 0 spiro atoms. The number of thiophene rings is 1. The summed E-state index contributed by atoms with van der Waals surface area (Å²) in [4.78, 5) is 15.7. The Morgan fingerprint density at radius 1 is 0.453 bits per heavy atom. The number of hydrogen-bond donors (Lipinski definition) is 0. The van der Waals surface area contributed by atoms with Crippen LogP contribution in [-0.4, -0.2) is 19.5 Å². The zero-order valence-corrected chi connectivity index (χ0v) is 30.0. The molecule has 1 aliphatic carbocycles. The van der Waals surface area contributed by atoms with E-state index >= 15 is 0 Å². The Labute approximate surface area is 310 Å². The summed E-state index contributed by atoms with van der Waals surface area (Å²) in [5.41, 5.74) is 11.6. The van der Waals surface area contributed by atoms with Crippen LogP contribution in [0.1, 0.15) is 25.0 Å². The molecule has 7 aromatic carbocycles. The second-order valence-corrected chi connectivity index (χ2v) is 15.5. The number of para-hydroxylation sites is 2. The molecule has 0 N–H and O–H groups in total. The van der Waals surface area contributed by atoms with Gasteiger partial charge in [-0.25, -0.2) is 4.98 Å². The highest BCUT2D eigenvalue weighted by atomic mass is 32.1. The van der Waals surface area contributed by atoms with Gasteiger partial charge in [-0.1, -0.05) is 147 Å². The molecule has 53 heavy (non-hydrogen) atoms. The molecule has 3 heterocycles. The zero-order chi connectivity index (χ0) is 35.3. The van der Waals surface area contributed by atoms with E-state index in [1.165, 1.54) is 48.0 Å². The monoisotopic (exact) mass is 696 g/mol. The van der Waals surface area contributed by atoms with E-state index in [1.54, 1.807) is 11.3 Å². The minimum absolute atomic E-state index is 0.105. The van der Waals surface area contributed by atoms with Gasteiger partial charge in [0, 0.05) is 53.1 Å². The van der Waals surface area contributed by atoms with Crippen molar-refractivity contribution in [3.05, 3.63) is 169 Å². The van der Waals surface area contributed by atoms with E-state index in [0.29, 0.717) is 17.6 Å². The van der Waals surface area contributed by atoms with E-state index in [0.717, 1.165) is 38.5 Å².